The van der Waals surface area contributed by atoms with Crippen LogP contribution >= 0.6 is 0 Å². The zero-order valence-corrected chi connectivity index (χ0v) is 47.3. The fourth-order valence-electron chi connectivity index (χ4n) is 9.87. The summed E-state index contributed by atoms with van der Waals surface area (Å²) in [7, 11) is 0. The molecule has 0 aromatic heterocycles. The maximum absolute atomic E-state index is 12.4. The maximum Gasteiger partial charge on any atom is 0.305 e. The molecule has 0 saturated carbocycles. The van der Waals surface area contributed by atoms with E-state index in [2.05, 4.69) is 31.3 Å². The molecular weight excluding hydrogens is 863 g/mol. The van der Waals surface area contributed by atoms with Crippen LogP contribution in [0.4, 0.5) is 0 Å². The average Bonchev–Trinajstić information content (AvgIpc) is 3.36. The Hall–Kier alpha value is -1.66. The molecule has 3 N–H and O–H groups in total. The predicted molar refractivity (Wildman–Crippen MR) is 306 cm³/mol. The van der Waals surface area contributed by atoms with Crippen molar-refractivity contribution in [1.29, 1.82) is 0 Å². The van der Waals surface area contributed by atoms with Crippen molar-refractivity contribution in [3.8, 4) is 0 Å². The van der Waals surface area contributed by atoms with Gasteiger partial charge in [-0.2, -0.15) is 0 Å². The maximum atomic E-state index is 12.4. The van der Waals surface area contributed by atoms with Gasteiger partial charge in [-0.05, 0) is 57.8 Å². The standard InChI is InChI=1S/C64H123NO5/c1-3-5-7-9-11-13-15-17-34-38-42-46-50-54-58-64(69)70-59-55-51-47-43-39-35-32-30-28-26-24-22-20-18-19-21-23-25-27-29-31-33-37-41-45-49-53-57-63(68)65-61(60-66)62(67)56-52-48-44-40-36-16-14-12-10-8-6-4-2/h18-19,52,56,61-62,66-67H,3-17,20-51,53-55,57-60H2,1-2H3,(H,65,68)/b19-18-,56-52+. The van der Waals surface area contributed by atoms with Crippen molar-refractivity contribution >= 4 is 11.9 Å². The summed E-state index contributed by atoms with van der Waals surface area (Å²) in [6.45, 7) is 4.92. The summed E-state index contributed by atoms with van der Waals surface area (Å²) >= 11 is 0. The van der Waals surface area contributed by atoms with E-state index in [1.54, 1.807) is 6.08 Å². The molecule has 6 nitrogen and oxygen atoms in total. The lowest BCUT2D eigenvalue weighted by Gasteiger charge is -2.20. The van der Waals surface area contributed by atoms with Crippen molar-refractivity contribution in [2.75, 3.05) is 13.2 Å². The van der Waals surface area contributed by atoms with Crippen LogP contribution in [0.15, 0.2) is 24.3 Å². The zero-order chi connectivity index (χ0) is 50.7. The molecule has 0 bridgehead atoms. The topological polar surface area (TPSA) is 95.9 Å². The van der Waals surface area contributed by atoms with E-state index >= 15 is 0 Å². The van der Waals surface area contributed by atoms with E-state index in [1.165, 1.54) is 283 Å². The number of hydrogen-bond donors (Lipinski definition) is 3. The van der Waals surface area contributed by atoms with Crippen molar-refractivity contribution in [3.05, 3.63) is 24.3 Å². The Morgan fingerprint density at radius 3 is 1.01 bits per heavy atom. The van der Waals surface area contributed by atoms with Crippen LogP contribution < -0.4 is 5.32 Å². The molecule has 0 fully saturated rings. The van der Waals surface area contributed by atoms with E-state index in [1.807, 2.05) is 6.08 Å². The van der Waals surface area contributed by atoms with E-state index in [-0.39, 0.29) is 18.5 Å². The minimum atomic E-state index is -0.843. The molecule has 0 heterocycles. The Bertz CT molecular complexity index is 1090. The Balaban J connectivity index is 3.38. The fourth-order valence-corrected chi connectivity index (χ4v) is 9.87. The third kappa shape index (κ3) is 55.7. The summed E-state index contributed by atoms with van der Waals surface area (Å²) in [5, 5.41) is 23.1. The van der Waals surface area contributed by atoms with E-state index in [0.29, 0.717) is 19.4 Å². The number of carbonyl (C=O) groups excluding carboxylic acids is 2. The first-order valence-corrected chi connectivity index (χ1v) is 31.6. The van der Waals surface area contributed by atoms with Gasteiger partial charge in [-0.25, -0.2) is 0 Å². The van der Waals surface area contributed by atoms with E-state index in [9.17, 15) is 19.8 Å². The number of aliphatic hydroxyl groups is 2. The Morgan fingerprint density at radius 2 is 0.671 bits per heavy atom. The molecular formula is C64H123NO5. The second-order valence-electron chi connectivity index (χ2n) is 21.7. The molecule has 1 amide bonds. The summed E-state index contributed by atoms with van der Waals surface area (Å²) in [5.74, 6) is -0.0512. The van der Waals surface area contributed by atoms with Crippen LogP contribution in [0.3, 0.4) is 0 Å². The molecule has 70 heavy (non-hydrogen) atoms. The van der Waals surface area contributed by atoms with Gasteiger partial charge in [-0.3, -0.25) is 9.59 Å². The van der Waals surface area contributed by atoms with Crippen LogP contribution in [0.1, 0.15) is 348 Å². The Morgan fingerprint density at radius 1 is 0.386 bits per heavy atom. The summed E-state index contributed by atoms with van der Waals surface area (Å²) in [4.78, 5) is 24.5. The number of aliphatic hydroxyl groups excluding tert-OH is 2. The highest BCUT2D eigenvalue weighted by molar-refractivity contribution is 5.76. The minimum absolute atomic E-state index is 0.0172. The summed E-state index contributed by atoms with van der Waals surface area (Å²) in [5.41, 5.74) is 0. The molecule has 0 radical (unpaired) electrons. The number of esters is 1. The number of hydrogen-bond acceptors (Lipinski definition) is 5. The first-order valence-electron chi connectivity index (χ1n) is 31.6. The quantitative estimate of drug-likeness (QED) is 0.0321. The SMILES string of the molecule is CCCCCCCCCCCC/C=C/C(O)C(CO)NC(=O)CCCCCCCCCCCCC/C=C\CCCCCCCCCCCCCCOC(=O)CCCCCCCCCCCCCCCC. The first-order chi connectivity index (χ1) is 34.5. The van der Waals surface area contributed by atoms with Gasteiger partial charge in [0.1, 0.15) is 0 Å². The third-order valence-electron chi connectivity index (χ3n) is 14.7. The average molecular weight is 987 g/mol. The second-order valence-corrected chi connectivity index (χ2v) is 21.7. The molecule has 0 saturated heterocycles. The normalized spacial score (nSPS) is 12.7. The van der Waals surface area contributed by atoms with Crippen LogP contribution in [0.25, 0.3) is 0 Å². The van der Waals surface area contributed by atoms with Gasteiger partial charge >= 0.3 is 5.97 Å². The van der Waals surface area contributed by atoms with Crippen molar-refractivity contribution < 1.29 is 24.5 Å². The minimum Gasteiger partial charge on any atom is -0.466 e. The van der Waals surface area contributed by atoms with Gasteiger partial charge < -0.3 is 20.3 Å². The van der Waals surface area contributed by atoms with Crippen molar-refractivity contribution in [2.45, 2.75) is 360 Å². The highest BCUT2D eigenvalue weighted by Crippen LogP contribution is 2.17. The molecule has 0 aliphatic rings. The van der Waals surface area contributed by atoms with Crippen LogP contribution in [0.5, 0.6) is 0 Å². The number of ether oxygens (including phenoxy) is 1. The molecule has 0 aromatic carbocycles. The lowest BCUT2D eigenvalue weighted by atomic mass is 10.0. The number of amides is 1. The van der Waals surface area contributed by atoms with Gasteiger partial charge in [0.25, 0.3) is 0 Å². The van der Waals surface area contributed by atoms with Crippen LogP contribution in [0.2, 0.25) is 0 Å². The number of nitrogens with one attached hydrogen (secondary N) is 1. The predicted octanol–water partition coefficient (Wildman–Crippen LogP) is 19.8. The smallest absolute Gasteiger partial charge is 0.305 e. The molecule has 0 aliphatic heterocycles. The Kier molecular flexibility index (Phi) is 58.5. The molecule has 0 spiro atoms. The summed E-state index contributed by atoms with van der Waals surface area (Å²) in [6.07, 6.45) is 73.7. The zero-order valence-electron chi connectivity index (χ0n) is 47.3. The van der Waals surface area contributed by atoms with Gasteiger partial charge in [0.05, 0.1) is 25.4 Å². The second kappa shape index (κ2) is 59.9. The molecule has 2 atom stereocenters. The van der Waals surface area contributed by atoms with E-state index < -0.39 is 12.1 Å². The monoisotopic (exact) mass is 986 g/mol. The first kappa shape index (κ1) is 68.3. The number of unbranched alkanes of at least 4 members (excludes halogenated alkanes) is 46. The summed E-state index contributed by atoms with van der Waals surface area (Å²) in [6, 6.07) is -0.627. The van der Waals surface area contributed by atoms with Crippen molar-refractivity contribution in [2.24, 2.45) is 0 Å². The van der Waals surface area contributed by atoms with Crippen LogP contribution in [-0.2, 0) is 14.3 Å². The van der Waals surface area contributed by atoms with Crippen LogP contribution in [0, 0.1) is 0 Å². The lowest BCUT2D eigenvalue weighted by Crippen LogP contribution is -2.45. The molecule has 6 heteroatoms. The molecule has 0 rings (SSSR count). The van der Waals surface area contributed by atoms with Gasteiger partial charge in [0.15, 0.2) is 0 Å². The summed E-state index contributed by atoms with van der Waals surface area (Å²) < 4.78 is 5.49. The number of rotatable bonds is 59. The molecule has 2 unspecified atom stereocenters. The third-order valence-corrected chi connectivity index (χ3v) is 14.7. The van der Waals surface area contributed by atoms with Gasteiger partial charge in [0, 0.05) is 12.8 Å². The highest BCUT2D eigenvalue weighted by atomic mass is 16.5. The van der Waals surface area contributed by atoms with Gasteiger partial charge in [-0.1, -0.05) is 301 Å². The number of carbonyl (C=O) groups is 2. The van der Waals surface area contributed by atoms with E-state index in [4.69, 9.17) is 4.74 Å². The van der Waals surface area contributed by atoms with E-state index in [0.717, 1.165) is 38.5 Å². The highest BCUT2D eigenvalue weighted by Gasteiger charge is 2.18. The largest absolute Gasteiger partial charge is 0.466 e. The van der Waals surface area contributed by atoms with Crippen LogP contribution in [-0.4, -0.2) is 47.4 Å². The fraction of sp³-hybridized carbons (Fsp3) is 0.906. The van der Waals surface area contributed by atoms with Crippen molar-refractivity contribution in [3.63, 3.8) is 0 Å². The molecule has 414 valence electrons. The number of allylic oxidation sites excluding steroid dienone is 3. The van der Waals surface area contributed by atoms with Gasteiger partial charge in [-0.15, -0.1) is 0 Å². The molecule has 0 aliphatic carbocycles. The lowest BCUT2D eigenvalue weighted by molar-refractivity contribution is -0.143. The van der Waals surface area contributed by atoms with Crippen molar-refractivity contribution in [1.82, 2.24) is 5.32 Å². The molecule has 0 aromatic rings. The van der Waals surface area contributed by atoms with Gasteiger partial charge in [0.2, 0.25) is 5.91 Å². The Labute approximate surface area is 437 Å².